The summed E-state index contributed by atoms with van der Waals surface area (Å²) < 4.78 is 9.67. The Balaban J connectivity index is 1.65. The molecule has 3 atom stereocenters. The lowest BCUT2D eigenvalue weighted by atomic mass is 9.84. The van der Waals surface area contributed by atoms with Gasteiger partial charge in [-0.25, -0.2) is 0 Å². The molecule has 2 nitrogen and oxygen atoms in total. The molecule has 5 heteroatoms. The Morgan fingerprint density at radius 1 is 0.844 bits per heavy atom. The summed E-state index contributed by atoms with van der Waals surface area (Å²) in [7, 11) is 0. The van der Waals surface area contributed by atoms with E-state index in [1.165, 1.54) is 20.3 Å². The van der Waals surface area contributed by atoms with Gasteiger partial charge in [0.1, 0.15) is 12.4 Å². The van der Waals surface area contributed by atoms with Crippen LogP contribution < -0.4 is 4.74 Å². The summed E-state index contributed by atoms with van der Waals surface area (Å²) in [6.45, 7) is 6.95. The minimum absolute atomic E-state index is 0.426. The molecule has 0 saturated carbocycles. The van der Waals surface area contributed by atoms with Gasteiger partial charge in [-0.05, 0) is 134 Å². The van der Waals surface area contributed by atoms with Crippen LogP contribution in [0.1, 0.15) is 73.8 Å². The van der Waals surface area contributed by atoms with Crippen molar-refractivity contribution in [1.82, 2.24) is 0 Å². The molecule has 0 heterocycles. The third-order valence-electron chi connectivity index (χ3n) is 5.89. The molecule has 0 aliphatic rings. The Hall–Kier alpha value is -0.390. The average Bonchev–Trinajstić information content (AvgIpc) is 2.77. The van der Waals surface area contributed by atoms with Crippen molar-refractivity contribution in [1.29, 1.82) is 0 Å². The van der Waals surface area contributed by atoms with Crippen LogP contribution >= 0.6 is 67.8 Å². The minimum atomic E-state index is -0.426. The largest absolute Gasteiger partial charge is 0.487 e. The van der Waals surface area contributed by atoms with Crippen LogP contribution in [0.3, 0.4) is 0 Å². The maximum atomic E-state index is 9.91. The van der Waals surface area contributed by atoms with Crippen LogP contribution in [0.2, 0.25) is 0 Å². The van der Waals surface area contributed by atoms with Gasteiger partial charge in [-0.2, -0.15) is 0 Å². The van der Waals surface area contributed by atoms with Gasteiger partial charge in [0, 0.05) is 3.57 Å². The molecule has 0 aliphatic heterocycles. The maximum Gasteiger partial charge on any atom is 0.146 e. The molecule has 1 N–H and O–H groups in total. The lowest BCUT2D eigenvalue weighted by Crippen LogP contribution is -2.05. The zero-order valence-electron chi connectivity index (χ0n) is 18.6. The summed E-state index contributed by atoms with van der Waals surface area (Å²) in [5, 5.41) is 9.91. The molecule has 3 aromatic rings. The summed E-state index contributed by atoms with van der Waals surface area (Å²) in [5.41, 5.74) is 4.86. The molecule has 0 amide bonds. The Bertz CT molecular complexity index is 1010. The summed E-state index contributed by atoms with van der Waals surface area (Å²) >= 11 is 7.03. The topological polar surface area (TPSA) is 29.5 Å². The van der Waals surface area contributed by atoms with Crippen LogP contribution in [0.25, 0.3) is 0 Å². The standard InChI is InChI=1S/C27H29I3O2/c1-4-20(12-17(2)22-6-5-7-23(13-22)18(3)31)21-10-8-19(9-11-21)16-32-27-25(29)14-24(28)15-26(27)30/h5-11,13-15,17-18,20,31H,4,12,16H2,1-3H3. The second kappa shape index (κ2) is 12.4. The lowest BCUT2D eigenvalue weighted by molar-refractivity contribution is 0.199. The third-order valence-corrected chi connectivity index (χ3v) is 8.12. The highest BCUT2D eigenvalue weighted by Crippen LogP contribution is 2.34. The van der Waals surface area contributed by atoms with Crippen molar-refractivity contribution in [2.24, 2.45) is 0 Å². The molecular weight excluding hydrogens is 737 g/mol. The summed E-state index contributed by atoms with van der Waals surface area (Å²) in [5.74, 6) is 1.91. The van der Waals surface area contributed by atoms with Gasteiger partial charge in [0.25, 0.3) is 0 Å². The Kier molecular flexibility index (Phi) is 10.1. The summed E-state index contributed by atoms with van der Waals surface area (Å²) in [6.07, 6.45) is 1.77. The van der Waals surface area contributed by atoms with Gasteiger partial charge in [-0.1, -0.05) is 62.4 Å². The Morgan fingerprint density at radius 3 is 2.06 bits per heavy atom. The van der Waals surface area contributed by atoms with E-state index < -0.39 is 6.10 Å². The quantitative estimate of drug-likeness (QED) is 0.221. The van der Waals surface area contributed by atoms with E-state index in [1.54, 1.807) is 0 Å². The number of aliphatic hydroxyl groups excluding tert-OH is 1. The minimum Gasteiger partial charge on any atom is -0.487 e. The SMILES string of the molecule is CCC(CC(C)c1cccc(C(C)O)c1)c1ccc(COc2c(I)cc(I)cc2I)cc1. The second-order valence-electron chi connectivity index (χ2n) is 8.32. The van der Waals surface area contributed by atoms with Gasteiger partial charge in [0.15, 0.2) is 0 Å². The number of halogens is 3. The van der Waals surface area contributed by atoms with Crippen molar-refractivity contribution in [3.63, 3.8) is 0 Å². The highest BCUT2D eigenvalue weighted by molar-refractivity contribution is 14.1. The molecule has 32 heavy (non-hydrogen) atoms. The van der Waals surface area contributed by atoms with Crippen molar-refractivity contribution in [2.45, 2.75) is 58.2 Å². The predicted octanol–water partition coefficient (Wildman–Crippen LogP) is 8.82. The smallest absolute Gasteiger partial charge is 0.146 e. The van der Waals surface area contributed by atoms with E-state index in [4.69, 9.17) is 4.74 Å². The fourth-order valence-corrected chi connectivity index (χ4v) is 7.83. The Morgan fingerprint density at radius 2 is 1.47 bits per heavy atom. The van der Waals surface area contributed by atoms with Gasteiger partial charge in [-0.3, -0.25) is 0 Å². The monoisotopic (exact) mass is 766 g/mol. The molecule has 3 aromatic carbocycles. The first-order valence-corrected chi connectivity index (χ1v) is 14.2. The predicted molar refractivity (Wildman–Crippen MR) is 159 cm³/mol. The fraction of sp³-hybridized carbons (Fsp3) is 0.333. The average molecular weight is 766 g/mol. The van der Waals surface area contributed by atoms with Crippen molar-refractivity contribution in [2.75, 3.05) is 0 Å². The lowest BCUT2D eigenvalue weighted by Gasteiger charge is -2.22. The van der Waals surface area contributed by atoms with Gasteiger partial charge in [0.05, 0.1) is 13.2 Å². The first kappa shape index (κ1) is 26.2. The second-order valence-corrected chi connectivity index (χ2v) is 11.9. The zero-order chi connectivity index (χ0) is 23.3. The van der Waals surface area contributed by atoms with E-state index in [-0.39, 0.29) is 0 Å². The van der Waals surface area contributed by atoms with Crippen molar-refractivity contribution >= 4 is 67.8 Å². The van der Waals surface area contributed by atoms with E-state index in [2.05, 4.69) is 136 Å². The summed E-state index contributed by atoms with van der Waals surface area (Å²) in [6, 6.07) is 21.6. The van der Waals surface area contributed by atoms with Crippen LogP contribution in [0, 0.1) is 10.7 Å². The normalized spacial score (nSPS) is 14.1. The zero-order valence-corrected chi connectivity index (χ0v) is 25.1. The van der Waals surface area contributed by atoms with Crippen LogP contribution in [0.15, 0.2) is 60.7 Å². The number of hydrogen-bond donors (Lipinski definition) is 1. The van der Waals surface area contributed by atoms with E-state index in [0.29, 0.717) is 18.4 Å². The number of benzene rings is 3. The summed E-state index contributed by atoms with van der Waals surface area (Å²) in [4.78, 5) is 0. The highest BCUT2D eigenvalue weighted by atomic mass is 127. The van der Waals surface area contributed by atoms with Gasteiger partial charge < -0.3 is 9.84 Å². The van der Waals surface area contributed by atoms with Crippen LogP contribution in [-0.2, 0) is 6.61 Å². The molecule has 0 spiro atoms. The number of rotatable bonds is 9. The van der Waals surface area contributed by atoms with Crippen LogP contribution in [0.4, 0.5) is 0 Å². The maximum absolute atomic E-state index is 9.91. The third kappa shape index (κ3) is 7.06. The number of hydrogen-bond acceptors (Lipinski definition) is 2. The molecule has 3 rings (SSSR count). The van der Waals surface area contributed by atoms with Crippen LogP contribution in [0.5, 0.6) is 5.75 Å². The first-order chi connectivity index (χ1) is 15.3. The molecular formula is C27H29I3O2. The Labute approximate surface area is 233 Å². The molecule has 0 aromatic heterocycles. The molecule has 170 valence electrons. The first-order valence-electron chi connectivity index (χ1n) is 10.9. The van der Waals surface area contributed by atoms with Crippen molar-refractivity contribution < 1.29 is 9.84 Å². The molecule has 0 aliphatic carbocycles. The molecule has 0 bridgehead atoms. The van der Waals surface area contributed by atoms with Crippen molar-refractivity contribution in [3.05, 3.63) is 93.6 Å². The number of ether oxygens (including phenoxy) is 1. The molecule has 3 unspecified atom stereocenters. The van der Waals surface area contributed by atoms with Gasteiger partial charge >= 0.3 is 0 Å². The molecule has 0 fully saturated rings. The van der Waals surface area contributed by atoms with Crippen molar-refractivity contribution in [3.8, 4) is 5.75 Å². The highest BCUT2D eigenvalue weighted by Gasteiger charge is 2.16. The van der Waals surface area contributed by atoms with E-state index in [1.807, 2.05) is 13.0 Å². The fourth-order valence-electron chi connectivity index (χ4n) is 3.94. The number of aliphatic hydroxyl groups is 1. The molecule has 0 radical (unpaired) electrons. The van der Waals surface area contributed by atoms with E-state index >= 15 is 0 Å². The van der Waals surface area contributed by atoms with E-state index in [9.17, 15) is 5.11 Å². The van der Waals surface area contributed by atoms with Gasteiger partial charge in [0.2, 0.25) is 0 Å². The molecule has 0 saturated heterocycles. The van der Waals surface area contributed by atoms with E-state index in [0.717, 1.165) is 31.3 Å². The van der Waals surface area contributed by atoms with Gasteiger partial charge in [-0.15, -0.1) is 0 Å². The van der Waals surface area contributed by atoms with Crippen LogP contribution in [-0.4, -0.2) is 5.11 Å².